The van der Waals surface area contributed by atoms with Crippen molar-refractivity contribution in [1.29, 1.82) is 0 Å². The van der Waals surface area contributed by atoms with Gasteiger partial charge in [0.2, 0.25) is 0 Å². The monoisotopic (exact) mass is 431 g/mol. The molecule has 150 valence electrons. The molecule has 1 N–H and O–H groups in total. The van der Waals surface area contributed by atoms with Crippen molar-refractivity contribution in [1.82, 2.24) is 14.9 Å². The summed E-state index contributed by atoms with van der Waals surface area (Å²) < 4.78 is 6.84. The highest BCUT2D eigenvalue weighted by atomic mass is 35.5. The van der Waals surface area contributed by atoms with E-state index in [2.05, 4.69) is 10.3 Å². The molecular weight excluding hydrogens is 413 g/mol. The maximum atomic E-state index is 12.4. The van der Waals surface area contributed by atoms with Gasteiger partial charge in [-0.25, -0.2) is 4.98 Å². The summed E-state index contributed by atoms with van der Waals surface area (Å²) in [5.41, 5.74) is 1.47. The minimum atomic E-state index is -0.357. The number of benzene rings is 2. The lowest BCUT2D eigenvalue weighted by molar-refractivity contribution is 0.0952. The smallest absolute Gasteiger partial charge is 0.253 e. The number of ether oxygens (including phenoxy) is 1. The Bertz CT molecular complexity index is 1070. The molecule has 0 bridgehead atoms. The van der Waals surface area contributed by atoms with Gasteiger partial charge in [0.05, 0.1) is 29.2 Å². The molecule has 0 atom stereocenters. The van der Waals surface area contributed by atoms with Crippen molar-refractivity contribution < 1.29 is 9.53 Å². The standard InChI is InChI=1S/C21H19Cl2N3O3/c1-2-29-16-6-3-14(4-7-16)19-12-20(27)26(13-25-19)10-9-24-21(28)17-11-15(22)5-8-18(17)23/h3-8,11-13H,2,9-10H2,1H3,(H,24,28). The lowest BCUT2D eigenvalue weighted by atomic mass is 10.1. The predicted molar refractivity (Wildman–Crippen MR) is 114 cm³/mol. The molecule has 29 heavy (non-hydrogen) atoms. The van der Waals surface area contributed by atoms with Crippen LogP contribution >= 0.6 is 23.2 Å². The Labute approximate surface area is 178 Å². The lowest BCUT2D eigenvalue weighted by Gasteiger charge is -2.09. The minimum Gasteiger partial charge on any atom is -0.494 e. The fraction of sp³-hybridized carbons (Fsp3) is 0.190. The van der Waals surface area contributed by atoms with Gasteiger partial charge in [-0.3, -0.25) is 14.2 Å². The first-order valence-corrected chi connectivity index (χ1v) is 9.76. The Morgan fingerprint density at radius 2 is 1.90 bits per heavy atom. The third kappa shape index (κ3) is 5.37. The number of carbonyl (C=O) groups excluding carboxylic acids is 1. The van der Waals surface area contributed by atoms with Crippen molar-refractivity contribution in [3.8, 4) is 17.0 Å². The van der Waals surface area contributed by atoms with Gasteiger partial charge in [0.15, 0.2) is 0 Å². The van der Waals surface area contributed by atoms with Crippen LogP contribution < -0.4 is 15.6 Å². The zero-order valence-electron chi connectivity index (χ0n) is 15.7. The molecule has 3 aromatic rings. The Balaban J connectivity index is 1.63. The molecule has 0 unspecified atom stereocenters. The molecule has 1 amide bonds. The van der Waals surface area contributed by atoms with Crippen molar-refractivity contribution in [3.05, 3.63) is 80.8 Å². The number of halogens is 2. The summed E-state index contributed by atoms with van der Waals surface area (Å²) >= 11 is 11.9. The van der Waals surface area contributed by atoms with E-state index in [1.54, 1.807) is 12.1 Å². The molecule has 8 heteroatoms. The van der Waals surface area contributed by atoms with Crippen LogP contribution in [0.4, 0.5) is 0 Å². The van der Waals surface area contributed by atoms with E-state index in [0.29, 0.717) is 22.3 Å². The Kier molecular flexibility index (Phi) is 6.90. The highest BCUT2D eigenvalue weighted by molar-refractivity contribution is 6.35. The number of rotatable bonds is 7. The van der Waals surface area contributed by atoms with Crippen molar-refractivity contribution in [2.75, 3.05) is 13.2 Å². The molecule has 1 aromatic heterocycles. The number of carbonyl (C=O) groups is 1. The molecule has 2 aromatic carbocycles. The predicted octanol–water partition coefficient (Wildman–Crippen LogP) is 4.05. The van der Waals surface area contributed by atoms with Crippen molar-refractivity contribution >= 4 is 29.1 Å². The van der Waals surface area contributed by atoms with Gasteiger partial charge in [-0.15, -0.1) is 0 Å². The summed E-state index contributed by atoms with van der Waals surface area (Å²) in [6.45, 7) is 3.03. The van der Waals surface area contributed by atoms with E-state index in [1.165, 1.54) is 23.0 Å². The van der Waals surface area contributed by atoms with Crippen LogP contribution in [0.2, 0.25) is 10.0 Å². The normalized spacial score (nSPS) is 10.6. The molecule has 3 rings (SSSR count). The molecule has 0 aliphatic carbocycles. The molecule has 0 radical (unpaired) electrons. The second kappa shape index (κ2) is 9.58. The van der Waals surface area contributed by atoms with Crippen LogP contribution in [0.1, 0.15) is 17.3 Å². The largest absolute Gasteiger partial charge is 0.494 e. The second-order valence-electron chi connectivity index (χ2n) is 6.14. The van der Waals surface area contributed by atoms with Gasteiger partial charge in [0, 0.05) is 29.7 Å². The third-order valence-corrected chi connectivity index (χ3v) is 4.72. The quantitative estimate of drug-likeness (QED) is 0.612. The average Bonchev–Trinajstić information content (AvgIpc) is 2.71. The van der Waals surface area contributed by atoms with Gasteiger partial charge >= 0.3 is 0 Å². The van der Waals surface area contributed by atoms with Gasteiger partial charge in [-0.05, 0) is 49.4 Å². The van der Waals surface area contributed by atoms with E-state index in [9.17, 15) is 9.59 Å². The van der Waals surface area contributed by atoms with Crippen LogP contribution in [0.15, 0.2) is 59.7 Å². The van der Waals surface area contributed by atoms with E-state index >= 15 is 0 Å². The van der Waals surface area contributed by atoms with E-state index in [1.807, 2.05) is 31.2 Å². The van der Waals surface area contributed by atoms with E-state index in [-0.39, 0.29) is 30.1 Å². The Hall–Kier alpha value is -2.83. The van der Waals surface area contributed by atoms with Gasteiger partial charge in [0.25, 0.3) is 11.5 Å². The fourth-order valence-electron chi connectivity index (χ4n) is 2.70. The number of hydrogen-bond acceptors (Lipinski definition) is 4. The minimum absolute atomic E-state index is 0.209. The number of amides is 1. The van der Waals surface area contributed by atoms with Crippen LogP contribution in [-0.2, 0) is 6.54 Å². The average molecular weight is 432 g/mol. The molecule has 0 saturated carbocycles. The van der Waals surface area contributed by atoms with Crippen LogP contribution in [0.25, 0.3) is 11.3 Å². The summed E-state index contributed by atoms with van der Waals surface area (Å²) in [5, 5.41) is 3.46. The first-order valence-electron chi connectivity index (χ1n) is 9.01. The van der Waals surface area contributed by atoms with Crippen LogP contribution in [0.3, 0.4) is 0 Å². The topological polar surface area (TPSA) is 73.2 Å². The molecule has 0 fully saturated rings. The zero-order valence-corrected chi connectivity index (χ0v) is 17.2. The molecule has 1 heterocycles. The van der Waals surface area contributed by atoms with Gasteiger partial charge in [-0.1, -0.05) is 23.2 Å². The van der Waals surface area contributed by atoms with Gasteiger partial charge < -0.3 is 10.1 Å². The number of hydrogen-bond donors (Lipinski definition) is 1. The summed E-state index contributed by atoms with van der Waals surface area (Å²) in [6, 6.07) is 13.5. The van der Waals surface area contributed by atoms with Crippen molar-refractivity contribution in [2.45, 2.75) is 13.5 Å². The molecule has 0 aliphatic rings. The first-order chi connectivity index (χ1) is 14.0. The highest BCUT2D eigenvalue weighted by Crippen LogP contribution is 2.21. The number of nitrogens with zero attached hydrogens (tertiary/aromatic N) is 2. The zero-order chi connectivity index (χ0) is 20.8. The molecule has 6 nitrogen and oxygen atoms in total. The van der Waals surface area contributed by atoms with Gasteiger partial charge in [-0.2, -0.15) is 0 Å². The van der Waals surface area contributed by atoms with E-state index in [4.69, 9.17) is 27.9 Å². The van der Waals surface area contributed by atoms with E-state index in [0.717, 1.165) is 11.3 Å². The number of aromatic nitrogens is 2. The van der Waals surface area contributed by atoms with Crippen LogP contribution in [-0.4, -0.2) is 28.6 Å². The lowest BCUT2D eigenvalue weighted by Crippen LogP contribution is -2.31. The molecule has 0 aliphatic heterocycles. The summed E-state index contributed by atoms with van der Waals surface area (Å²) in [6.07, 6.45) is 1.46. The molecule has 0 saturated heterocycles. The first kappa shape index (κ1) is 20.9. The van der Waals surface area contributed by atoms with E-state index < -0.39 is 0 Å². The number of nitrogens with one attached hydrogen (secondary N) is 1. The molecular formula is C21H19Cl2N3O3. The highest BCUT2D eigenvalue weighted by Gasteiger charge is 2.11. The summed E-state index contributed by atoms with van der Waals surface area (Å²) in [7, 11) is 0. The van der Waals surface area contributed by atoms with Crippen LogP contribution in [0, 0.1) is 0 Å². The maximum absolute atomic E-state index is 12.4. The second-order valence-corrected chi connectivity index (χ2v) is 6.99. The fourth-order valence-corrected chi connectivity index (χ4v) is 3.07. The molecule has 0 spiro atoms. The van der Waals surface area contributed by atoms with Gasteiger partial charge in [0.1, 0.15) is 5.75 Å². The summed E-state index contributed by atoms with van der Waals surface area (Å²) in [4.78, 5) is 29.0. The Morgan fingerprint density at radius 1 is 1.14 bits per heavy atom. The Morgan fingerprint density at radius 3 is 2.59 bits per heavy atom. The third-order valence-electron chi connectivity index (χ3n) is 4.15. The van der Waals surface area contributed by atoms with Crippen LogP contribution in [0.5, 0.6) is 5.75 Å². The maximum Gasteiger partial charge on any atom is 0.253 e. The SMILES string of the molecule is CCOc1ccc(-c2cc(=O)n(CCNC(=O)c3cc(Cl)ccc3Cl)cn2)cc1. The summed E-state index contributed by atoms with van der Waals surface area (Å²) in [5.74, 6) is 0.407. The van der Waals surface area contributed by atoms with Crippen molar-refractivity contribution in [3.63, 3.8) is 0 Å². The van der Waals surface area contributed by atoms with Crippen molar-refractivity contribution in [2.24, 2.45) is 0 Å².